The van der Waals surface area contributed by atoms with Crippen molar-refractivity contribution in [3.63, 3.8) is 0 Å². The Kier molecular flexibility index (Phi) is 7.09. The third-order valence-corrected chi connectivity index (χ3v) is 7.06. The molecule has 1 aromatic heterocycles. The van der Waals surface area contributed by atoms with Gasteiger partial charge >= 0.3 is 0 Å². The standard InChI is InChI=1S/C20H18ClN3O4S2/c21-17-8-2-1-7-16(17)20(26)23-11-10-22-19(25)14-5-3-6-15(13-14)24-30(27,28)18-9-4-12-29-18/h1-9,12-13,24H,10-11H2,(H,22,25)(H,23,26). The fourth-order valence-electron chi connectivity index (χ4n) is 2.54. The molecule has 7 nitrogen and oxygen atoms in total. The molecule has 0 bridgehead atoms. The number of halogens is 1. The lowest BCUT2D eigenvalue weighted by Gasteiger charge is -2.10. The molecule has 30 heavy (non-hydrogen) atoms. The Morgan fingerprint density at radius 1 is 0.900 bits per heavy atom. The Morgan fingerprint density at radius 2 is 1.63 bits per heavy atom. The minimum atomic E-state index is -3.69. The number of carbonyl (C=O) groups excluding carboxylic acids is 2. The molecule has 10 heteroatoms. The summed E-state index contributed by atoms with van der Waals surface area (Å²) >= 11 is 7.08. The fraction of sp³-hybridized carbons (Fsp3) is 0.100. The van der Waals surface area contributed by atoms with Crippen molar-refractivity contribution < 1.29 is 18.0 Å². The molecule has 2 amide bonds. The van der Waals surface area contributed by atoms with Crippen LogP contribution in [0.4, 0.5) is 5.69 Å². The van der Waals surface area contributed by atoms with Crippen LogP contribution < -0.4 is 15.4 Å². The molecule has 0 radical (unpaired) electrons. The Hall–Kier alpha value is -2.88. The van der Waals surface area contributed by atoms with E-state index in [-0.39, 0.29) is 34.8 Å². The lowest BCUT2D eigenvalue weighted by molar-refractivity contribution is 0.0928. The minimum Gasteiger partial charge on any atom is -0.350 e. The van der Waals surface area contributed by atoms with Gasteiger partial charge in [-0.25, -0.2) is 8.42 Å². The number of hydrogen-bond acceptors (Lipinski definition) is 5. The number of sulfonamides is 1. The first kappa shape index (κ1) is 21.8. The molecule has 2 aromatic carbocycles. The van der Waals surface area contributed by atoms with Gasteiger partial charge in [-0.3, -0.25) is 14.3 Å². The van der Waals surface area contributed by atoms with Gasteiger partial charge in [-0.05, 0) is 41.8 Å². The van der Waals surface area contributed by atoms with Gasteiger partial charge in [0.05, 0.1) is 10.6 Å². The minimum absolute atomic E-state index is 0.187. The van der Waals surface area contributed by atoms with Gasteiger partial charge in [0.2, 0.25) is 0 Å². The van der Waals surface area contributed by atoms with Crippen LogP contribution in [0.3, 0.4) is 0 Å². The van der Waals surface area contributed by atoms with Gasteiger partial charge < -0.3 is 10.6 Å². The molecule has 0 spiro atoms. The maximum absolute atomic E-state index is 12.3. The average Bonchev–Trinajstić information content (AvgIpc) is 3.27. The summed E-state index contributed by atoms with van der Waals surface area (Å²) in [5, 5.41) is 7.37. The first-order chi connectivity index (χ1) is 14.4. The zero-order chi connectivity index (χ0) is 21.6. The first-order valence-electron chi connectivity index (χ1n) is 8.84. The van der Waals surface area contributed by atoms with Crippen LogP contribution in [0.25, 0.3) is 0 Å². The number of thiophene rings is 1. The van der Waals surface area contributed by atoms with Crippen molar-refractivity contribution in [2.75, 3.05) is 17.8 Å². The van der Waals surface area contributed by atoms with E-state index in [4.69, 9.17) is 11.6 Å². The predicted molar refractivity (Wildman–Crippen MR) is 118 cm³/mol. The molecule has 3 aromatic rings. The van der Waals surface area contributed by atoms with E-state index in [0.29, 0.717) is 16.1 Å². The van der Waals surface area contributed by atoms with E-state index in [2.05, 4.69) is 15.4 Å². The van der Waals surface area contributed by atoms with E-state index in [1.807, 2.05) is 0 Å². The lowest BCUT2D eigenvalue weighted by atomic mass is 10.2. The van der Waals surface area contributed by atoms with Crippen LogP contribution >= 0.6 is 22.9 Å². The third-order valence-electron chi connectivity index (χ3n) is 3.95. The number of benzene rings is 2. The van der Waals surface area contributed by atoms with Gasteiger partial charge in [-0.2, -0.15) is 0 Å². The Morgan fingerprint density at radius 3 is 2.33 bits per heavy atom. The maximum Gasteiger partial charge on any atom is 0.271 e. The van der Waals surface area contributed by atoms with E-state index in [0.717, 1.165) is 11.3 Å². The summed E-state index contributed by atoms with van der Waals surface area (Å²) in [4.78, 5) is 24.4. The number of hydrogen-bond donors (Lipinski definition) is 3. The third kappa shape index (κ3) is 5.59. The summed E-state index contributed by atoms with van der Waals surface area (Å²) in [7, 11) is -3.69. The second kappa shape index (κ2) is 9.75. The van der Waals surface area contributed by atoms with Crippen LogP contribution in [-0.4, -0.2) is 33.3 Å². The van der Waals surface area contributed by atoms with Crippen LogP contribution in [-0.2, 0) is 10.0 Å². The van der Waals surface area contributed by atoms with Gasteiger partial charge in [0, 0.05) is 24.3 Å². The van der Waals surface area contributed by atoms with Gasteiger partial charge in [0.25, 0.3) is 21.8 Å². The molecule has 0 aliphatic carbocycles. The predicted octanol–water partition coefficient (Wildman–Crippen LogP) is 3.36. The van der Waals surface area contributed by atoms with Crippen molar-refractivity contribution in [1.82, 2.24) is 10.6 Å². The molecule has 0 saturated carbocycles. The lowest BCUT2D eigenvalue weighted by Crippen LogP contribution is -2.34. The summed E-state index contributed by atoms with van der Waals surface area (Å²) in [6.45, 7) is 0.403. The van der Waals surface area contributed by atoms with E-state index >= 15 is 0 Å². The van der Waals surface area contributed by atoms with Crippen LogP contribution in [0.15, 0.2) is 70.3 Å². The van der Waals surface area contributed by atoms with Crippen LogP contribution in [0.2, 0.25) is 5.02 Å². The number of nitrogens with one attached hydrogen (secondary N) is 3. The molecule has 0 aliphatic rings. The molecule has 0 saturated heterocycles. The molecule has 0 atom stereocenters. The molecule has 1 heterocycles. The van der Waals surface area contributed by atoms with Crippen LogP contribution in [0.1, 0.15) is 20.7 Å². The highest BCUT2D eigenvalue weighted by Gasteiger charge is 2.16. The molecule has 3 rings (SSSR count). The molecule has 0 aliphatic heterocycles. The summed E-state index contributed by atoms with van der Waals surface area (Å²) in [6, 6.07) is 16.0. The monoisotopic (exact) mass is 463 g/mol. The van der Waals surface area contributed by atoms with E-state index in [9.17, 15) is 18.0 Å². The number of carbonyl (C=O) groups is 2. The van der Waals surface area contributed by atoms with Gasteiger partial charge in [0.1, 0.15) is 4.21 Å². The molecule has 0 unspecified atom stereocenters. The van der Waals surface area contributed by atoms with Crippen molar-refractivity contribution in [2.24, 2.45) is 0 Å². The van der Waals surface area contributed by atoms with E-state index in [1.54, 1.807) is 53.9 Å². The molecular formula is C20H18ClN3O4S2. The smallest absolute Gasteiger partial charge is 0.271 e. The summed E-state index contributed by atoms with van der Waals surface area (Å²) in [5.74, 6) is -0.723. The Labute approximate surface area is 183 Å². The SMILES string of the molecule is O=C(NCCNC(=O)c1ccccc1Cl)c1cccc(NS(=O)(=O)c2cccs2)c1. The maximum atomic E-state index is 12.3. The van der Waals surface area contributed by atoms with Crippen molar-refractivity contribution in [1.29, 1.82) is 0 Å². The van der Waals surface area contributed by atoms with Gasteiger partial charge in [0.15, 0.2) is 0 Å². The van der Waals surface area contributed by atoms with Gasteiger partial charge in [-0.15, -0.1) is 11.3 Å². The normalized spacial score (nSPS) is 11.0. The molecular weight excluding hydrogens is 446 g/mol. The quantitative estimate of drug-likeness (QED) is 0.445. The Balaban J connectivity index is 1.53. The largest absolute Gasteiger partial charge is 0.350 e. The van der Waals surface area contributed by atoms with Crippen LogP contribution in [0, 0.1) is 0 Å². The van der Waals surface area contributed by atoms with E-state index in [1.165, 1.54) is 12.1 Å². The number of amides is 2. The van der Waals surface area contributed by atoms with E-state index < -0.39 is 10.0 Å². The summed E-state index contributed by atoms with van der Waals surface area (Å²) in [5.41, 5.74) is 0.929. The average molecular weight is 464 g/mol. The highest BCUT2D eigenvalue weighted by molar-refractivity contribution is 7.94. The zero-order valence-corrected chi connectivity index (χ0v) is 18.0. The highest BCUT2D eigenvalue weighted by Crippen LogP contribution is 2.21. The van der Waals surface area contributed by atoms with Crippen molar-refractivity contribution in [3.8, 4) is 0 Å². The second-order valence-electron chi connectivity index (χ2n) is 6.11. The highest BCUT2D eigenvalue weighted by atomic mass is 35.5. The topological polar surface area (TPSA) is 104 Å². The zero-order valence-electron chi connectivity index (χ0n) is 15.6. The first-order valence-corrected chi connectivity index (χ1v) is 11.6. The van der Waals surface area contributed by atoms with Crippen LogP contribution in [0.5, 0.6) is 0 Å². The molecule has 3 N–H and O–H groups in total. The molecule has 156 valence electrons. The van der Waals surface area contributed by atoms with Gasteiger partial charge in [-0.1, -0.05) is 35.9 Å². The fourth-order valence-corrected chi connectivity index (χ4v) is 4.80. The van der Waals surface area contributed by atoms with Crippen molar-refractivity contribution >= 4 is 50.5 Å². The van der Waals surface area contributed by atoms with Crippen molar-refractivity contribution in [2.45, 2.75) is 4.21 Å². The van der Waals surface area contributed by atoms with Crippen molar-refractivity contribution in [3.05, 3.63) is 82.2 Å². The molecule has 0 fully saturated rings. The number of anilines is 1. The summed E-state index contributed by atoms with van der Waals surface area (Å²) in [6.07, 6.45) is 0. The number of rotatable bonds is 8. The Bertz CT molecular complexity index is 1150. The summed E-state index contributed by atoms with van der Waals surface area (Å²) < 4.78 is 27.3. The second-order valence-corrected chi connectivity index (χ2v) is 9.37.